The molecule has 3 nitrogen and oxygen atoms in total. The third-order valence-electron chi connectivity index (χ3n) is 2.00. The van der Waals surface area contributed by atoms with E-state index in [9.17, 15) is 5.21 Å². The van der Waals surface area contributed by atoms with Crippen LogP contribution in [0.1, 0.15) is 11.1 Å². The molecule has 0 aromatic heterocycles. The lowest BCUT2D eigenvalue weighted by atomic mass is 10.1. The lowest BCUT2D eigenvalue weighted by Crippen LogP contribution is -2.70. The number of nitrogen functional groups attached to an aromatic ring is 1. The van der Waals surface area contributed by atoms with Gasteiger partial charge < -0.3 is 16.4 Å². The Labute approximate surface area is 78.0 Å². The van der Waals surface area contributed by atoms with Crippen LogP contribution in [0, 0.1) is 19.1 Å². The van der Waals surface area contributed by atoms with Gasteiger partial charge in [0.05, 0.1) is 0 Å². The molecule has 0 saturated heterocycles. The molecule has 1 rings (SSSR count). The summed E-state index contributed by atoms with van der Waals surface area (Å²) in [6, 6.07) is 3.50. The Morgan fingerprint density at radius 1 is 1.25 bits per heavy atom. The number of nitrogens with two attached hydrogens (primary N) is 2. The number of benzene rings is 1. The van der Waals surface area contributed by atoms with E-state index in [-0.39, 0.29) is 12.4 Å². The van der Waals surface area contributed by atoms with Gasteiger partial charge in [0, 0.05) is 17.3 Å². The van der Waals surface area contributed by atoms with Crippen molar-refractivity contribution >= 4 is 23.8 Å². The summed E-state index contributed by atoms with van der Waals surface area (Å²) in [5, 5.41) is 10.5. The molecule has 12 heavy (non-hydrogen) atoms. The number of anilines is 1. The Hall–Kier alpha value is -0.770. The van der Waals surface area contributed by atoms with Crippen LogP contribution in [0.2, 0.25) is 0 Å². The number of halogens is 1. The number of rotatable bonds is 1. The predicted molar refractivity (Wildman–Crippen MR) is 52.5 cm³/mol. The Bertz CT molecular complexity index is 276. The Balaban J connectivity index is 0.00000121. The summed E-state index contributed by atoms with van der Waals surface area (Å²) < 4.78 is 0. The molecule has 0 aliphatic rings. The molecule has 0 fully saturated rings. The van der Waals surface area contributed by atoms with Crippen LogP contribution in [-0.2, 0) is 0 Å². The molecule has 4 heteroatoms. The van der Waals surface area contributed by atoms with E-state index in [0.717, 1.165) is 28.0 Å². The summed E-state index contributed by atoms with van der Waals surface area (Å²) in [5.74, 6) is 0. The Kier molecular flexibility index (Phi) is 4.03. The average molecular weight is 189 g/mol. The van der Waals surface area contributed by atoms with Crippen LogP contribution in [0.15, 0.2) is 12.1 Å². The SMILES string of the molecule is Cc1c(N)ccc([NH2+][O-])c1C.Cl. The normalized spacial score (nSPS) is 9.25. The first kappa shape index (κ1) is 11.2. The maximum Gasteiger partial charge on any atom is 0.132 e. The quantitative estimate of drug-likeness (QED) is 0.510. The monoisotopic (exact) mass is 188 g/mol. The molecule has 1 aromatic carbocycles. The molecule has 0 unspecified atom stereocenters. The van der Waals surface area contributed by atoms with Crippen LogP contribution < -0.4 is 11.2 Å². The molecule has 0 spiro atoms. The highest BCUT2D eigenvalue weighted by molar-refractivity contribution is 5.85. The minimum Gasteiger partial charge on any atom is -0.630 e. The molecule has 1 aromatic rings. The highest BCUT2D eigenvalue weighted by atomic mass is 35.5. The van der Waals surface area contributed by atoms with Gasteiger partial charge in [-0.3, -0.25) is 0 Å². The molecular weight excluding hydrogens is 176 g/mol. The topological polar surface area (TPSA) is 65.7 Å². The van der Waals surface area contributed by atoms with Crippen molar-refractivity contribution in [1.29, 1.82) is 0 Å². The molecular formula is C8H13ClN2O. The van der Waals surface area contributed by atoms with E-state index < -0.39 is 0 Å². The van der Waals surface area contributed by atoms with Crippen LogP contribution in [0.3, 0.4) is 0 Å². The van der Waals surface area contributed by atoms with Gasteiger partial charge in [-0.1, -0.05) is 0 Å². The van der Waals surface area contributed by atoms with Crippen molar-refractivity contribution in [2.75, 3.05) is 5.73 Å². The summed E-state index contributed by atoms with van der Waals surface area (Å²) in [6.07, 6.45) is 0. The average Bonchev–Trinajstić information content (AvgIpc) is 2.01. The molecule has 68 valence electrons. The van der Waals surface area contributed by atoms with Crippen molar-refractivity contribution < 1.29 is 5.48 Å². The number of hydrogen-bond donors (Lipinski definition) is 2. The Morgan fingerprint density at radius 3 is 2.33 bits per heavy atom. The second-order valence-electron chi connectivity index (χ2n) is 2.61. The smallest absolute Gasteiger partial charge is 0.132 e. The lowest BCUT2D eigenvalue weighted by Gasteiger charge is -2.09. The minimum absolute atomic E-state index is 0. The maximum absolute atomic E-state index is 10.5. The fraction of sp³-hybridized carbons (Fsp3) is 0.250. The molecule has 4 N–H and O–H groups in total. The van der Waals surface area contributed by atoms with Gasteiger partial charge in [-0.25, -0.2) is 0 Å². The summed E-state index contributed by atoms with van der Waals surface area (Å²) in [6.45, 7) is 3.81. The fourth-order valence-electron chi connectivity index (χ4n) is 0.990. The van der Waals surface area contributed by atoms with Crippen LogP contribution in [0.25, 0.3) is 0 Å². The fourth-order valence-corrected chi connectivity index (χ4v) is 0.990. The van der Waals surface area contributed by atoms with E-state index in [1.165, 1.54) is 0 Å². The van der Waals surface area contributed by atoms with Gasteiger partial charge in [0.15, 0.2) is 0 Å². The third kappa shape index (κ3) is 1.88. The van der Waals surface area contributed by atoms with Gasteiger partial charge in [-0.15, -0.1) is 12.4 Å². The zero-order valence-electron chi connectivity index (χ0n) is 7.13. The molecule has 0 bridgehead atoms. The van der Waals surface area contributed by atoms with E-state index >= 15 is 0 Å². The van der Waals surface area contributed by atoms with E-state index in [1.807, 2.05) is 13.8 Å². The highest BCUT2D eigenvalue weighted by Crippen LogP contribution is 2.19. The second kappa shape index (κ2) is 4.30. The molecule has 0 atom stereocenters. The van der Waals surface area contributed by atoms with Gasteiger partial charge in [0.2, 0.25) is 0 Å². The number of hydrogen-bond acceptors (Lipinski definition) is 2. The van der Waals surface area contributed by atoms with Gasteiger partial charge in [-0.05, 0) is 25.5 Å². The van der Waals surface area contributed by atoms with E-state index in [2.05, 4.69) is 0 Å². The predicted octanol–water partition coefficient (Wildman–Crippen LogP) is 1.00. The van der Waals surface area contributed by atoms with Crippen molar-refractivity contribution in [3.63, 3.8) is 0 Å². The molecule has 0 heterocycles. The van der Waals surface area contributed by atoms with Crippen molar-refractivity contribution in [3.8, 4) is 0 Å². The van der Waals surface area contributed by atoms with Crippen molar-refractivity contribution in [1.82, 2.24) is 0 Å². The van der Waals surface area contributed by atoms with Crippen LogP contribution >= 0.6 is 12.4 Å². The zero-order chi connectivity index (χ0) is 8.43. The zero-order valence-corrected chi connectivity index (χ0v) is 7.94. The Morgan fingerprint density at radius 2 is 1.83 bits per heavy atom. The van der Waals surface area contributed by atoms with Gasteiger partial charge in [0.25, 0.3) is 0 Å². The minimum atomic E-state index is 0. The van der Waals surface area contributed by atoms with Crippen LogP contribution in [-0.4, -0.2) is 0 Å². The largest absolute Gasteiger partial charge is 0.630 e. The first-order chi connectivity index (χ1) is 5.16. The summed E-state index contributed by atoms with van der Waals surface area (Å²) in [4.78, 5) is 0. The third-order valence-corrected chi connectivity index (χ3v) is 2.00. The van der Waals surface area contributed by atoms with Gasteiger partial charge >= 0.3 is 0 Å². The van der Waals surface area contributed by atoms with E-state index in [4.69, 9.17) is 5.73 Å². The summed E-state index contributed by atoms with van der Waals surface area (Å²) >= 11 is 0. The molecule has 0 radical (unpaired) electrons. The van der Waals surface area contributed by atoms with Crippen molar-refractivity contribution in [2.24, 2.45) is 0 Å². The summed E-state index contributed by atoms with van der Waals surface area (Å²) in [7, 11) is 0. The highest BCUT2D eigenvalue weighted by Gasteiger charge is 2.03. The van der Waals surface area contributed by atoms with Crippen LogP contribution in [0.5, 0.6) is 0 Å². The first-order valence-electron chi connectivity index (χ1n) is 3.47. The molecule has 0 saturated carbocycles. The maximum atomic E-state index is 10.5. The molecule has 0 amide bonds. The van der Waals surface area contributed by atoms with Gasteiger partial charge in [0.1, 0.15) is 5.69 Å². The number of quaternary nitrogens is 1. The first-order valence-corrected chi connectivity index (χ1v) is 3.47. The molecule has 0 aliphatic heterocycles. The van der Waals surface area contributed by atoms with Crippen molar-refractivity contribution in [2.45, 2.75) is 13.8 Å². The van der Waals surface area contributed by atoms with Gasteiger partial charge in [-0.2, -0.15) is 0 Å². The lowest BCUT2D eigenvalue weighted by molar-refractivity contribution is -0.497. The second-order valence-corrected chi connectivity index (χ2v) is 2.61. The standard InChI is InChI=1S/C8H12N2O.ClH/c1-5-6(2)8(10-11)4-3-7(5)9;/h3-4H,9-10H2,1-2H3;1H. The van der Waals surface area contributed by atoms with Crippen LogP contribution in [0.4, 0.5) is 11.4 Å². The summed E-state index contributed by atoms with van der Waals surface area (Å²) in [5.41, 5.74) is 9.91. The van der Waals surface area contributed by atoms with E-state index in [0.29, 0.717) is 0 Å². The van der Waals surface area contributed by atoms with E-state index in [1.54, 1.807) is 12.1 Å². The molecule has 0 aliphatic carbocycles. The van der Waals surface area contributed by atoms with Crippen molar-refractivity contribution in [3.05, 3.63) is 28.5 Å².